The van der Waals surface area contributed by atoms with Crippen molar-refractivity contribution in [1.82, 2.24) is 0 Å². The van der Waals surface area contributed by atoms with Gasteiger partial charge in [-0.1, -0.05) is 0 Å². The van der Waals surface area contributed by atoms with Crippen LogP contribution in [0.1, 0.15) is 0 Å². The first-order valence-corrected chi connectivity index (χ1v) is 3.82. The Hall–Kier alpha value is 2.47. The van der Waals surface area contributed by atoms with Gasteiger partial charge >= 0.3 is 124 Å². The molecule has 13 heteroatoms. The molecule has 0 atom stereocenters. The van der Waals surface area contributed by atoms with Crippen LogP contribution >= 0.6 is 0 Å². The predicted molar refractivity (Wildman–Crippen MR) is 21.2 cm³/mol. The summed E-state index contributed by atoms with van der Waals surface area (Å²) in [6, 6.07) is 0. The average molecular weight is 329 g/mol. The topological polar surface area (TPSA) is 178 Å². The summed E-state index contributed by atoms with van der Waals surface area (Å²) in [6.07, 6.45) is 0. The van der Waals surface area contributed by atoms with Crippen molar-refractivity contribution in [1.29, 1.82) is 0 Å². The second-order valence-electron chi connectivity index (χ2n) is 0.983. The molecule has 75 valence electrons. The van der Waals surface area contributed by atoms with Crippen LogP contribution in [-0.4, -0.2) is 29.5 Å². The molecule has 15 heavy (non-hydrogen) atoms. The molecule has 0 aliphatic rings. The van der Waals surface area contributed by atoms with Gasteiger partial charge < -0.3 is 28.9 Å². The van der Waals surface area contributed by atoms with Crippen molar-refractivity contribution in [3.05, 3.63) is 0 Å². The summed E-state index contributed by atoms with van der Waals surface area (Å²) in [7, 11) is -5.17. The first kappa shape index (κ1) is 30.5. The Morgan fingerprint density at radius 1 is 0.867 bits per heavy atom. The van der Waals surface area contributed by atoms with E-state index in [4.69, 9.17) is 41.0 Å². The van der Waals surface area contributed by atoms with Gasteiger partial charge in [-0.05, 0) is 0 Å². The van der Waals surface area contributed by atoms with Gasteiger partial charge in [-0.3, -0.25) is 8.42 Å². The maximum atomic E-state index is 8.93. The second kappa shape index (κ2) is 18.8. The Labute approximate surface area is 179 Å². The van der Waals surface area contributed by atoms with Crippen LogP contribution in [0.2, 0.25) is 0 Å². The van der Waals surface area contributed by atoms with E-state index in [9.17, 15) is 0 Å². The molecule has 0 aromatic heterocycles. The van der Waals surface area contributed by atoms with E-state index in [-0.39, 0.29) is 103 Å². The normalized spacial score (nSPS) is 7.20. The third kappa shape index (κ3) is 82.4. The molecule has 0 fully saturated rings. The predicted octanol–water partition coefficient (Wildman–Crippen LogP) is -11.0. The minimum absolute atomic E-state index is 0. The van der Waals surface area contributed by atoms with E-state index in [1.165, 1.54) is 0 Å². The van der Waals surface area contributed by atoms with Crippen LogP contribution in [0.25, 0.3) is 0 Å². The van der Waals surface area contributed by atoms with E-state index in [1.54, 1.807) is 0 Å². The van der Waals surface area contributed by atoms with Gasteiger partial charge in [0.05, 0.1) is 11.9 Å². The molecule has 0 aliphatic carbocycles. The third-order valence-electron chi connectivity index (χ3n) is 0.167. The first-order chi connectivity index (χ1) is 5.64. The minimum atomic E-state index is -5.17. The molecule has 0 saturated carbocycles. The van der Waals surface area contributed by atoms with Crippen molar-refractivity contribution in [2.75, 3.05) is 0 Å². The van der Waals surface area contributed by atoms with Crippen LogP contribution < -0.4 is 113 Å². The quantitative estimate of drug-likeness (QED) is 0.180. The summed E-state index contributed by atoms with van der Waals surface area (Å²) in [5.41, 5.74) is 0. The van der Waals surface area contributed by atoms with Crippen LogP contribution in [0.5, 0.6) is 0 Å². The summed E-state index contributed by atoms with van der Waals surface area (Å²) < 4.78 is 42.3. The average Bonchev–Trinajstić information content (AvgIpc) is 1.88. The number of carboxylic acids is 2. The van der Waals surface area contributed by atoms with Crippen molar-refractivity contribution in [3.63, 3.8) is 0 Å². The first-order valence-electron chi connectivity index (χ1n) is 1.92. The molecule has 0 aromatic rings. The summed E-state index contributed by atoms with van der Waals surface area (Å²) in [6.45, 7) is 0. The van der Waals surface area contributed by atoms with Gasteiger partial charge in [-0.15, -0.1) is 0 Å². The zero-order valence-corrected chi connectivity index (χ0v) is 16.0. The number of carbonyl (C=O) groups is 2. The SMILES string of the molecule is O=C([O-])C(=O)[O-].O=S(=O)([O-])[O-].[K+].[K+].[O]=[V+2]. The molecule has 0 amide bonds. The molecule has 0 bridgehead atoms. The van der Waals surface area contributed by atoms with Crippen LogP contribution in [0.4, 0.5) is 0 Å². The molecule has 0 heterocycles. The van der Waals surface area contributed by atoms with Gasteiger partial charge in [-0.2, -0.15) is 0 Å². The Balaban J connectivity index is -0.0000000344. The fourth-order valence-electron chi connectivity index (χ4n) is 0. The molecule has 0 spiro atoms. The molecular formula is C2K2O9SV. The summed E-state index contributed by atoms with van der Waals surface area (Å²) in [5.74, 6) is -4.37. The zero-order chi connectivity index (χ0) is 11.7. The Morgan fingerprint density at radius 2 is 0.933 bits per heavy atom. The van der Waals surface area contributed by atoms with Gasteiger partial charge in [0.1, 0.15) is 0 Å². The molecule has 0 radical (unpaired) electrons. The van der Waals surface area contributed by atoms with Crippen molar-refractivity contribution < 1.29 is 161 Å². The van der Waals surface area contributed by atoms with Gasteiger partial charge in [0.15, 0.2) is 0 Å². The van der Waals surface area contributed by atoms with E-state index in [2.05, 4.69) is 0 Å². The molecule has 0 aromatic carbocycles. The van der Waals surface area contributed by atoms with Gasteiger partial charge in [0.25, 0.3) is 0 Å². The number of rotatable bonds is 0. The monoisotopic (exact) mass is 329 g/mol. The Bertz CT molecular complexity index is 241. The third-order valence-corrected chi connectivity index (χ3v) is 0.167. The zero-order valence-electron chi connectivity index (χ0n) is 7.53. The number of carbonyl (C=O) groups excluding carboxylic acids is 2. The summed E-state index contributed by atoms with van der Waals surface area (Å²) in [4.78, 5) is 17.9. The number of hydrogen-bond donors (Lipinski definition) is 0. The van der Waals surface area contributed by atoms with Crippen LogP contribution in [0, 0.1) is 0 Å². The van der Waals surface area contributed by atoms with Gasteiger partial charge in [0, 0.05) is 10.4 Å². The van der Waals surface area contributed by atoms with E-state index in [0.717, 1.165) is 17.4 Å². The van der Waals surface area contributed by atoms with Crippen molar-refractivity contribution >= 4 is 22.3 Å². The van der Waals surface area contributed by atoms with E-state index in [1.807, 2.05) is 0 Å². The fourth-order valence-corrected chi connectivity index (χ4v) is 0. The van der Waals surface area contributed by atoms with Crippen molar-refractivity contribution in [3.8, 4) is 0 Å². The Kier molecular flexibility index (Phi) is 38.2. The molecule has 0 aliphatic heterocycles. The number of hydrogen-bond acceptors (Lipinski definition) is 9. The number of aliphatic carboxylic acids is 2. The summed E-state index contributed by atoms with van der Waals surface area (Å²) in [5, 5.41) is 17.9. The summed E-state index contributed by atoms with van der Waals surface area (Å²) >= 11 is 1.06. The van der Waals surface area contributed by atoms with Crippen LogP contribution in [-0.2, 0) is 41.0 Å². The van der Waals surface area contributed by atoms with Crippen LogP contribution in [0.15, 0.2) is 0 Å². The Morgan fingerprint density at radius 3 is 0.933 bits per heavy atom. The van der Waals surface area contributed by atoms with E-state index < -0.39 is 22.3 Å². The molecule has 0 unspecified atom stereocenters. The van der Waals surface area contributed by atoms with Gasteiger partial charge in [-0.25, -0.2) is 0 Å². The molecule has 9 nitrogen and oxygen atoms in total. The molecule has 0 N–H and O–H groups in total. The molecule has 0 saturated heterocycles. The van der Waals surface area contributed by atoms with E-state index >= 15 is 0 Å². The fraction of sp³-hybridized carbons (Fsp3) is 0. The van der Waals surface area contributed by atoms with Gasteiger partial charge in [0.2, 0.25) is 0 Å². The van der Waals surface area contributed by atoms with E-state index in [0.29, 0.717) is 0 Å². The number of carboxylic acid groups (broad SMARTS) is 2. The second-order valence-corrected chi connectivity index (χ2v) is 1.80. The maximum absolute atomic E-state index is 8.93. The van der Waals surface area contributed by atoms with Crippen molar-refractivity contribution in [2.24, 2.45) is 0 Å². The standard InChI is InChI=1S/C2H2O4.2K.H2O4S.O.V/c3-1(4)2(5)6;;;1-5(2,3)4;;/h(H,3,4)(H,5,6);;;(H2,1,2,3,4);;/q;2*+1;;;+2/p-4. The molecule has 0 rings (SSSR count). The van der Waals surface area contributed by atoms with Crippen molar-refractivity contribution in [2.45, 2.75) is 0 Å². The molecular weight excluding hydrogens is 329 g/mol. The van der Waals surface area contributed by atoms with Crippen LogP contribution in [0.3, 0.4) is 0 Å².